The van der Waals surface area contributed by atoms with E-state index in [9.17, 15) is 4.79 Å². The minimum absolute atomic E-state index is 0.102. The maximum Gasteiger partial charge on any atom is 0.246 e. The van der Waals surface area contributed by atoms with Crippen molar-refractivity contribution in [2.75, 3.05) is 39.8 Å². The van der Waals surface area contributed by atoms with Crippen LogP contribution in [-0.4, -0.2) is 55.5 Å². The summed E-state index contributed by atoms with van der Waals surface area (Å²) in [7, 11) is 1.69. The molecule has 4 heteroatoms. The van der Waals surface area contributed by atoms with E-state index in [0.717, 1.165) is 50.5 Å². The highest BCUT2D eigenvalue weighted by molar-refractivity contribution is 5.91. The average Bonchev–Trinajstić information content (AvgIpc) is 2.72. The van der Waals surface area contributed by atoms with Crippen molar-refractivity contribution in [3.63, 3.8) is 0 Å². The number of amides is 1. The highest BCUT2D eigenvalue weighted by Gasteiger charge is 2.19. The Balaban J connectivity index is 1.42. The molecule has 1 aliphatic rings. The van der Waals surface area contributed by atoms with Gasteiger partial charge in [-0.15, -0.1) is 0 Å². The van der Waals surface area contributed by atoms with Crippen LogP contribution in [0.4, 0.5) is 0 Å². The van der Waals surface area contributed by atoms with E-state index in [1.165, 1.54) is 11.1 Å². The molecular weight excluding hydrogens is 336 g/mol. The number of nitrogens with zero attached hydrogens (tertiary/aromatic N) is 2. The number of carbonyl (C=O) groups excluding carboxylic acids is 1. The molecule has 1 saturated heterocycles. The number of methoxy groups -OCH3 is 1. The molecule has 0 aromatic heterocycles. The van der Waals surface area contributed by atoms with Crippen LogP contribution in [0.5, 0.6) is 5.75 Å². The Morgan fingerprint density at radius 2 is 1.67 bits per heavy atom. The van der Waals surface area contributed by atoms with Gasteiger partial charge >= 0.3 is 0 Å². The fourth-order valence-electron chi connectivity index (χ4n) is 3.22. The van der Waals surface area contributed by atoms with E-state index >= 15 is 0 Å². The minimum Gasteiger partial charge on any atom is -0.497 e. The first-order valence-electron chi connectivity index (χ1n) is 9.53. The third-order valence-electron chi connectivity index (χ3n) is 5.06. The maximum atomic E-state index is 12.4. The van der Waals surface area contributed by atoms with Gasteiger partial charge < -0.3 is 9.64 Å². The van der Waals surface area contributed by atoms with Gasteiger partial charge in [0.2, 0.25) is 5.91 Å². The van der Waals surface area contributed by atoms with E-state index in [0.29, 0.717) is 0 Å². The van der Waals surface area contributed by atoms with Crippen LogP contribution in [-0.2, 0) is 11.2 Å². The molecule has 4 nitrogen and oxygen atoms in total. The topological polar surface area (TPSA) is 32.8 Å². The van der Waals surface area contributed by atoms with E-state index in [4.69, 9.17) is 4.74 Å². The summed E-state index contributed by atoms with van der Waals surface area (Å²) in [6.07, 6.45) is 4.61. The summed E-state index contributed by atoms with van der Waals surface area (Å²) in [5.41, 5.74) is 3.60. The van der Waals surface area contributed by atoms with Crippen molar-refractivity contribution < 1.29 is 9.53 Å². The third kappa shape index (κ3) is 5.69. The number of benzene rings is 2. The zero-order valence-electron chi connectivity index (χ0n) is 16.2. The summed E-state index contributed by atoms with van der Waals surface area (Å²) in [4.78, 5) is 16.8. The van der Waals surface area contributed by atoms with Crippen LogP contribution in [0.3, 0.4) is 0 Å². The van der Waals surface area contributed by atoms with Gasteiger partial charge in [0.15, 0.2) is 0 Å². The molecule has 142 valence electrons. The van der Waals surface area contributed by atoms with Crippen LogP contribution in [0.2, 0.25) is 0 Å². The molecule has 2 aromatic carbocycles. The van der Waals surface area contributed by atoms with Crippen molar-refractivity contribution >= 4 is 12.0 Å². The van der Waals surface area contributed by atoms with Crippen LogP contribution >= 0.6 is 0 Å². The van der Waals surface area contributed by atoms with Crippen molar-refractivity contribution in [3.8, 4) is 5.75 Å². The number of hydrogen-bond acceptors (Lipinski definition) is 3. The molecule has 0 spiro atoms. The summed E-state index contributed by atoms with van der Waals surface area (Å²) in [5.74, 6) is 0.995. The first-order valence-corrected chi connectivity index (χ1v) is 9.53. The summed E-state index contributed by atoms with van der Waals surface area (Å²) in [6.45, 7) is 6.53. The maximum absolute atomic E-state index is 12.4. The van der Waals surface area contributed by atoms with Gasteiger partial charge in [-0.1, -0.05) is 42.0 Å². The fraction of sp³-hybridized carbons (Fsp3) is 0.348. The number of piperazine rings is 1. The molecule has 1 fully saturated rings. The van der Waals surface area contributed by atoms with Crippen molar-refractivity contribution in [1.82, 2.24) is 9.80 Å². The quantitative estimate of drug-likeness (QED) is 0.737. The second kappa shape index (κ2) is 9.38. The van der Waals surface area contributed by atoms with Crippen molar-refractivity contribution in [3.05, 3.63) is 71.3 Å². The van der Waals surface area contributed by atoms with Gasteiger partial charge in [-0.3, -0.25) is 9.69 Å². The largest absolute Gasteiger partial charge is 0.497 e. The molecule has 27 heavy (non-hydrogen) atoms. The van der Waals surface area contributed by atoms with Crippen LogP contribution in [0.1, 0.15) is 16.7 Å². The van der Waals surface area contributed by atoms with Gasteiger partial charge in [0, 0.05) is 38.8 Å². The monoisotopic (exact) mass is 364 g/mol. The lowest BCUT2D eigenvalue weighted by Crippen LogP contribution is -2.48. The Hall–Kier alpha value is -2.59. The fourth-order valence-corrected chi connectivity index (χ4v) is 3.22. The Bertz CT molecular complexity index is 758. The molecule has 0 aliphatic carbocycles. The molecule has 2 aromatic rings. The van der Waals surface area contributed by atoms with Gasteiger partial charge in [-0.25, -0.2) is 0 Å². The van der Waals surface area contributed by atoms with Gasteiger partial charge in [0.1, 0.15) is 5.75 Å². The normalized spacial score (nSPS) is 15.3. The van der Waals surface area contributed by atoms with E-state index < -0.39 is 0 Å². The van der Waals surface area contributed by atoms with Crippen LogP contribution in [0.25, 0.3) is 6.08 Å². The summed E-state index contributed by atoms with van der Waals surface area (Å²) < 4.78 is 5.20. The minimum atomic E-state index is 0.102. The first kappa shape index (κ1) is 19.2. The Morgan fingerprint density at radius 1 is 1.00 bits per heavy atom. The lowest BCUT2D eigenvalue weighted by Gasteiger charge is -2.34. The summed E-state index contributed by atoms with van der Waals surface area (Å²) >= 11 is 0. The van der Waals surface area contributed by atoms with Crippen LogP contribution in [0, 0.1) is 6.92 Å². The molecule has 0 N–H and O–H groups in total. The Kier molecular flexibility index (Phi) is 6.66. The molecule has 1 heterocycles. The van der Waals surface area contributed by atoms with Gasteiger partial charge in [0.25, 0.3) is 0 Å². The number of rotatable bonds is 6. The number of hydrogen-bond donors (Lipinski definition) is 0. The summed E-state index contributed by atoms with van der Waals surface area (Å²) in [6, 6.07) is 16.4. The summed E-state index contributed by atoms with van der Waals surface area (Å²) in [5, 5.41) is 0. The van der Waals surface area contributed by atoms with Crippen molar-refractivity contribution in [2.24, 2.45) is 0 Å². The molecule has 3 rings (SSSR count). The van der Waals surface area contributed by atoms with E-state index in [2.05, 4.69) is 36.1 Å². The molecule has 1 aliphatic heterocycles. The number of ether oxygens (including phenoxy) is 1. The predicted octanol–water partition coefficient (Wildman–Crippen LogP) is 3.40. The van der Waals surface area contributed by atoms with Crippen LogP contribution in [0.15, 0.2) is 54.6 Å². The van der Waals surface area contributed by atoms with Gasteiger partial charge in [-0.2, -0.15) is 0 Å². The number of carbonyl (C=O) groups is 1. The molecule has 0 unspecified atom stereocenters. The molecule has 0 atom stereocenters. The highest BCUT2D eigenvalue weighted by atomic mass is 16.5. The number of aryl methyl sites for hydroxylation is 1. The van der Waals surface area contributed by atoms with Gasteiger partial charge in [0.05, 0.1) is 7.11 Å². The first-order chi connectivity index (χ1) is 13.1. The predicted molar refractivity (Wildman–Crippen MR) is 110 cm³/mol. The molecule has 0 radical (unpaired) electrons. The Morgan fingerprint density at radius 3 is 2.30 bits per heavy atom. The second-order valence-corrected chi connectivity index (χ2v) is 7.01. The average molecular weight is 364 g/mol. The zero-order valence-corrected chi connectivity index (χ0v) is 16.2. The lowest BCUT2D eigenvalue weighted by molar-refractivity contribution is -0.127. The second-order valence-electron chi connectivity index (χ2n) is 7.01. The molecule has 1 amide bonds. The van der Waals surface area contributed by atoms with E-state index in [1.807, 2.05) is 35.2 Å². The third-order valence-corrected chi connectivity index (χ3v) is 5.06. The van der Waals surface area contributed by atoms with E-state index in [-0.39, 0.29) is 5.91 Å². The van der Waals surface area contributed by atoms with Crippen molar-refractivity contribution in [2.45, 2.75) is 13.3 Å². The van der Waals surface area contributed by atoms with Gasteiger partial charge in [-0.05, 0) is 42.7 Å². The SMILES string of the molecule is COc1ccc(CCN2CCN(C(=O)/C=C/c3ccc(C)cc3)CC2)cc1. The smallest absolute Gasteiger partial charge is 0.246 e. The molecule has 0 saturated carbocycles. The van der Waals surface area contributed by atoms with Crippen molar-refractivity contribution in [1.29, 1.82) is 0 Å². The zero-order chi connectivity index (χ0) is 19.1. The highest BCUT2D eigenvalue weighted by Crippen LogP contribution is 2.13. The Labute approximate surface area is 162 Å². The molecular formula is C23H28N2O2. The molecule has 0 bridgehead atoms. The van der Waals surface area contributed by atoms with Crippen LogP contribution < -0.4 is 4.74 Å². The lowest BCUT2D eigenvalue weighted by atomic mass is 10.1. The van der Waals surface area contributed by atoms with E-state index in [1.54, 1.807) is 13.2 Å². The standard InChI is InChI=1S/C23H28N2O2/c1-19-3-5-20(6-4-19)9-12-23(26)25-17-15-24(16-18-25)14-13-21-7-10-22(27-2)11-8-21/h3-12H,13-18H2,1-2H3/b12-9+.